The van der Waals surface area contributed by atoms with Crippen LogP contribution in [0.3, 0.4) is 0 Å². The van der Waals surface area contributed by atoms with Crippen molar-refractivity contribution < 1.29 is 10.2 Å². The van der Waals surface area contributed by atoms with Gasteiger partial charge in [0.2, 0.25) is 0 Å². The Morgan fingerprint density at radius 3 is 2.29 bits per heavy atom. The fraction of sp³-hybridized carbons (Fsp3) is 0.900. The van der Waals surface area contributed by atoms with E-state index in [0.29, 0.717) is 5.92 Å². The minimum Gasteiger partial charge on any atom is -0.391 e. The highest BCUT2D eigenvalue weighted by molar-refractivity contribution is 7.72. The molecule has 4 atom stereocenters. The maximum absolute atomic E-state index is 9.77. The van der Waals surface area contributed by atoms with Crippen molar-refractivity contribution in [1.29, 1.82) is 0 Å². The van der Waals surface area contributed by atoms with Crippen LogP contribution in [0.1, 0.15) is 12.8 Å². The Hall–Kier alpha value is 0.285. The van der Waals surface area contributed by atoms with E-state index < -0.39 is 19.1 Å². The monoisotopic (exact) mass is 216 g/mol. The number of rotatable bonds is 3. The van der Waals surface area contributed by atoms with Gasteiger partial charge in [0.25, 0.3) is 0 Å². The minimum absolute atomic E-state index is 0.251. The van der Waals surface area contributed by atoms with Crippen LogP contribution in [0, 0.1) is 5.92 Å². The van der Waals surface area contributed by atoms with E-state index in [2.05, 4.69) is 19.6 Å². The van der Waals surface area contributed by atoms with Gasteiger partial charge in [-0.1, -0.05) is 0 Å². The summed E-state index contributed by atoms with van der Waals surface area (Å²) in [5, 5.41) is 19.4. The second-order valence-corrected chi connectivity index (χ2v) is 9.72. The van der Waals surface area contributed by atoms with E-state index >= 15 is 0 Å². The summed E-state index contributed by atoms with van der Waals surface area (Å²) in [5.41, 5.74) is 0. The summed E-state index contributed by atoms with van der Waals surface area (Å²) in [6.45, 7) is 3.46. The normalized spacial score (nSPS) is 38.9. The van der Waals surface area contributed by atoms with Crippen LogP contribution in [0.4, 0.5) is 0 Å². The molecule has 1 fully saturated rings. The van der Waals surface area contributed by atoms with E-state index in [1.54, 1.807) is 0 Å². The lowest BCUT2D eigenvalue weighted by Gasteiger charge is -2.19. The van der Waals surface area contributed by atoms with Crippen LogP contribution in [-0.2, 0) is 0 Å². The Bertz CT molecular complexity index is 238. The summed E-state index contributed by atoms with van der Waals surface area (Å²) in [6, 6.07) is 0. The molecule has 0 bridgehead atoms. The van der Waals surface area contributed by atoms with Crippen LogP contribution in [0.2, 0.25) is 5.82 Å². The lowest BCUT2D eigenvalue weighted by Crippen LogP contribution is -2.27. The predicted octanol–water partition coefficient (Wildman–Crippen LogP) is 0.249. The van der Waals surface area contributed by atoms with E-state index in [1.807, 2.05) is 7.85 Å². The molecule has 1 rings (SSSR count). The third-order valence-corrected chi connectivity index (χ3v) is 4.66. The quantitative estimate of drug-likeness (QED) is 0.524. The Kier molecular flexibility index (Phi) is 3.91. The Morgan fingerprint density at radius 1 is 1.36 bits per heavy atom. The fourth-order valence-electron chi connectivity index (χ4n) is 2.18. The summed E-state index contributed by atoms with van der Waals surface area (Å²) in [7, 11) is 2.01. The molecule has 0 heterocycles. The van der Waals surface area contributed by atoms with Crippen LogP contribution >= 0.6 is 6.89 Å². The van der Waals surface area contributed by atoms with Crippen molar-refractivity contribution in [2.75, 3.05) is 19.5 Å². The number of aliphatic hydroxyl groups is 2. The van der Waals surface area contributed by atoms with Crippen LogP contribution < -0.4 is 0 Å². The molecule has 1 saturated carbocycles. The molecule has 0 aromatic carbocycles. The van der Waals surface area contributed by atoms with Gasteiger partial charge in [-0.3, -0.25) is 0 Å². The molecule has 0 aliphatic heterocycles. The van der Waals surface area contributed by atoms with Crippen molar-refractivity contribution in [1.82, 2.24) is 0 Å². The lowest BCUT2D eigenvalue weighted by atomic mass is 9.83. The van der Waals surface area contributed by atoms with Gasteiger partial charge in [0.05, 0.1) is 12.2 Å². The Morgan fingerprint density at radius 2 is 1.93 bits per heavy atom. The zero-order chi connectivity index (χ0) is 10.9. The molecule has 2 nitrogen and oxygen atoms in total. The Balaban J connectivity index is 2.44. The molecule has 0 aromatic heterocycles. The van der Waals surface area contributed by atoms with E-state index in [-0.39, 0.29) is 5.82 Å². The molecule has 14 heavy (non-hydrogen) atoms. The molecule has 0 spiro atoms. The second kappa shape index (κ2) is 4.43. The molecule has 1 aliphatic carbocycles. The second-order valence-electron chi connectivity index (χ2n) is 5.40. The summed E-state index contributed by atoms with van der Waals surface area (Å²) >= 11 is 0. The van der Waals surface area contributed by atoms with Gasteiger partial charge in [-0.05, 0) is 44.1 Å². The minimum atomic E-state index is -0.977. The maximum atomic E-state index is 9.77. The van der Waals surface area contributed by atoms with Crippen molar-refractivity contribution in [3.05, 3.63) is 0 Å². The van der Waals surface area contributed by atoms with E-state index in [4.69, 9.17) is 0 Å². The van der Waals surface area contributed by atoms with Gasteiger partial charge in [-0.25, -0.2) is 0 Å². The van der Waals surface area contributed by atoms with E-state index in [1.165, 1.54) is 0 Å². The van der Waals surface area contributed by atoms with Crippen LogP contribution in [0.25, 0.3) is 0 Å². The number of hydrogen-bond acceptors (Lipinski definition) is 2. The third-order valence-electron chi connectivity index (χ3n) is 3.20. The summed E-state index contributed by atoms with van der Waals surface area (Å²) in [5.74, 6) is 0.544. The first kappa shape index (κ1) is 12.4. The Labute approximate surface area is 88.1 Å². The molecule has 1 unspecified atom stereocenters. The van der Waals surface area contributed by atoms with Crippen molar-refractivity contribution in [2.45, 2.75) is 30.9 Å². The van der Waals surface area contributed by atoms with Gasteiger partial charge in [0.15, 0.2) is 0 Å². The van der Waals surface area contributed by atoms with Gasteiger partial charge in [0, 0.05) is 0 Å². The van der Waals surface area contributed by atoms with Crippen molar-refractivity contribution >= 4 is 21.0 Å². The fourth-order valence-corrected chi connectivity index (χ4v) is 3.21. The summed E-state index contributed by atoms with van der Waals surface area (Å²) < 4.78 is 0. The number of aliphatic hydroxyl groups excluding tert-OH is 2. The summed E-state index contributed by atoms with van der Waals surface area (Å²) in [6.07, 6.45) is 6.25. The first-order chi connectivity index (χ1) is 6.31. The highest BCUT2D eigenvalue weighted by Crippen LogP contribution is 2.42. The largest absolute Gasteiger partial charge is 0.391 e. The predicted molar refractivity (Wildman–Crippen MR) is 67.8 cm³/mol. The smallest absolute Gasteiger partial charge is 0.108 e. The van der Waals surface area contributed by atoms with E-state index in [0.717, 1.165) is 19.0 Å². The van der Waals surface area contributed by atoms with Gasteiger partial charge in [0.1, 0.15) is 7.85 Å². The zero-order valence-electron chi connectivity index (χ0n) is 9.48. The molecular weight excluding hydrogens is 194 g/mol. The maximum Gasteiger partial charge on any atom is 0.108 e. The molecule has 0 amide bonds. The SMILES string of the molecule is B[C@@H]1C[C@H](CCP(=C)(C)C)[C@@H](O)C1O. The molecule has 4 heteroatoms. The van der Waals surface area contributed by atoms with Gasteiger partial charge < -0.3 is 10.2 Å². The lowest BCUT2D eigenvalue weighted by molar-refractivity contribution is 0.0204. The van der Waals surface area contributed by atoms with Crippen molar-refractivity contribution in [2.24, 2.45) is 5.92 Å². The first-order valence-electron chi connectivity index (χ1n) is 5.35. The average molecular weight is 216 g/mol. The standard InChI is InChI=1S/C10H22BO2P/c1-14(2,3)5-4-7-6-8(11)10(13)9(7)12/h7-10,12-13H,1,4-6,11H2,2-3H3/t7-,8+,9+,10?/m0/s1. The molecule has 0 aromatic rings. The summed E-state index contributed by atoms with van der Waals surface area (Å²) in [4.78, 5) is 0. The van der Waals surface area contributed by atoms with Gasteiger partial charge in [-0.15, -0.1) is 13.2 Å². The highest BCUT2D eigenvalue weighted by atomic mass is 31.2. The highest BCUT2D eigenvalue weighted by Gasteiger charge is 2.38. The topological polar surface area (TPSA) is 40.5 Å². The molecule has 82 valence electrons. The molecule has 0 radical (unpaired) electrons. The molecule has 1 aliphatic rings. The molecule has 0 saturated heterocycles. The van der Waals surface area contributed by atoms with Crippen LogP contribution in [-0.4, -0.2) is 56.1 Å². The van der Waals surface area contributed by atoms with E-state index in [9.17, 15) is 10.2 Å². The van der Waals surface area contributed by atoms with Crippen molar-refractivity contribution in [3.8, 4) is 0 Å². The first-order valence-corrected chi connectivity index (χ1v) is 8.40. The zero-order valence-corrected chi connectivity index (χ0v) is 10.4. The van der Waals surface area contributed by atoms with Crippen LogP contribution in [0.15, 0.2) is 0 Å². The molecular formula is C10H22BO2P. The van der Waals surface area contributed by atoms with Gasteiger partial charge in [-0.2, -0.15) is 0 Å². The molecule has 2 N–H and O–H groups in total. The average Bonchev–Trinajstić information content (AvgIpc) is 2.28. The number of hydrogen-bond donors (Lipinski definition) is 2. The third kappa shape index (κ3) is 3.15. The van der Waals surface area contributed by atoms with Crippen LogP contribution in [0.5, 0.6) is 0 Å². The van der Waals surface area contributed by atoms with Gasteiger partial charge >= 0.3 is 0 Å². The van der Waals surface area contributed by atoms with Crippen molar-refractivity contribution in [3.63, 3.8) is 0 Å².